The summed E-state index contributed by atoms with van der Waals surface area (Å²) in [5.74, 6) is 0. The van der Waals surface area contributed by atoms with Gasteiger partial charge in [0.2, 0.25) is 0 Å². The maximum absolute atomic E-state index is 10.5. The number of nitrogens with zero attached hydrogens (tertiary/aromatic N) is 1. The van der Waals surface area contributed by atoms with Crippen LogP contribution in [0.4, 0.5) is 0 Å². The van der Waals surface area contributed by atoms with Crippen LogP contribution in [0.25, 0.3) is 0 Å². The molecule has 0 amide bonds. The summed E-state index contributed by atoms with van der Waals surface area (Å²) in [6.45, 7) is 5.64. The maximum Gasteiger partial charge on any atom is 0.0774 e. The largest absolute Gasteiger partial charge is 0.389 e. The summed E-state index contributed by atoms with van der Waals surface area (Å²) in [5, 5.41) is 10.5. The van der Waals surface area contributed by atoms with E-state index >= 15 is 0 Å². The van der Waals surface area contributed by atoms with E-state index in [1.165, 1.54) is 19.3 Å². The second-order valence-corrected chi connectivity index (χ2v) is 5.18. The molecular formula is C12H23NO2. The molecule has 1 heterocycles. The van der Waals surface area contributed by atoms with Crippen molar-refractivity contribution in [2.24, 2.45) is 0 Å². The van der Waals surface area contributed by atoms with Crippen molar-refractivity contribution in [1.82, 2.24) is 4.90 Å². The Morgan fingerprint density at radius 1 is 1.33 bits per heavy atom. The Labute approximate surface area is 92.4 Å². The van der Waals surface area contributed by atoms with Crippen LogP contribution in [0, 0.1) is 0 Å². The fourth-order valence-corrected chi connectivity index (χ4v) is 2.74. The molecule has 1 aliphatic heterocycles. The van der Waals surface area contributed by atoms with Gasteiger partial charge in [-0.15, -0.1) is 0 Å². The zero-order valence-corrected chi connectivity index (χ0v) is 9.74. The average Bonchev–Trinajstić information content (AvgIpc) is 2.22. The molecule has 0 radical (unpaired) electrons. The van der Waals surface area contributed by atoms with Crippen molar-refractivity contribution in [3.05, 3.63) is 0 Å². The molecule has 0 aromatic rings. The van der Waals surface area contributed by atoms with E-state index in [1.807, 2.05) is 0 Å². The molecule has 15 heavy (non-hydrogen) atoms. The SMILES string of the molecule is CC1COCCN1CC1(O)CCCCC1. The smallest absolute Gasteiger partial charge is 0.0774 e. The van der Waals surface area contributed by atoms with E-state index in [0.29, 0.717) is 6.04 Å². The predicted molar refractivity (Wildman–Crippen MR) is 59.9 cm³/mol. The molecule has 0 aromatic carbocycles. The van der Waals surface area contributed by atoms with Crippen LogP contribution in [-0.4, -0.2) is 48.0 Å². The molecule has 0 spiro atoms. The summed E-state index contributed by atoms with van der Waals surface area (Å²) in [6.07, 6.45) is 5.64. The van der Waals surface area contributed by atoms with Crippen molar-refractivity contribution < 1.29 is 9.84 Å². The number of β-amino-alcohol motifs (C(OH)–C–C–N with tert-alkyl or cyclic N) is 1. The highest BCUT2D eigenvalue weighted by Crippen LogP contribution is 2.29. The maximum atomic E-state index is 10.5. The lowest BCUT2D eigenvalue weighted by molar-refractivity contribution is -0.0697. The van der Waals surface area contributed by atoms with Crippen molar-refractivity contribution in [1.29, 1.82) is 0 Å². The van der Waals surface area contributed by atoms with Crippen molar-refractivity contribution in [2.75, 3.05) is 26.3 Å². The number of hydrogen-bond acceptors (Lipinski definition) is 3. The van der Waals surface area contributed by atoms with E-state index in [-0.39, 0.29) is 0 Å². The minimum Gasteiger partial charge on any atom is -0.389 e. The van der Waals surface area contributed by atoms with E-state index in [1.54, 1.807) is 0 Å². The standard InChI is InChI=1S/C12H23NO2/c1-11-9-15-8-7-13(11)10-12(14)5-3-2-4-6-12/h11,14H,2-10H2,1H3. The first-order chi connectivity index (χ1) is 7.20. The molecule has 3 nitrogen and oxygen atoms in total. The Bertz CT molecular complexity index is 202. The lowest BCUT2D eigenvalue weighted by Crippen LogP contribution is -2.52. The van der Waals surface area contributed by atoms with Crippen LogP contribution < -0.4 is 0 Å². The molecule has 1 N–H and O–H groups in total. The van der Waals surface area contributed by atoms with Crippen LogP contribution in [0.3, 0.4) is 0 Å². The van der Waals surface area contributed by atoms with E-state index in [0.717, 1.165) is 39.1 Å². The van der Waals surface area contributed by atoms with Gasteiger partial charge in [0.25, 0.3) is 0 Å². The molecule has 2 fully saturated rings. The first-order valence-corrected chi connectivity index (χ1v) is 6.24. The second-order valence-electron chi connectivity index (χ2n) is 5.18. The van der Waals surface area contributed by atoms with Crippen LogP contribution >= 0.6 is 0 Å². The Hall–Kier alpha value is -0.120. The third kappa shape index (κ3) is 2.92. The minimum absolute atomic E-state index is 0.413. The zero-order chi connectivity index (χ0) is 10.7. The van der Waals surface area contributed by atoms with Gasteiger partial charge >= 0.3 is 0 Å². The van der Waals surface area contributed by atoms with Crippen molar-refractivity contribution in [3.8, 4) is 0 Å². The van der Waals surface area contributed by atoms with Gasteiger partial charge in [-0.25, -0.2) is 0 Å². The van der Waals surface area contributed by atoms with E-state index in [4.69, 9.17) is 4.74 Å². The minimum atomic E-state index is -0.413. The first-order valence-electron chi connectivity index (χ1n) is 6.24. The molecule has 0 bridgehead atoms. The van der Waals surface area contributed by atoms with Gasteiger partial charge in [0.15, 0.2) is 0 Å². The number of aliphatic hydroxyl groups is 1. The topological polar surface area (TPSA) is 32.7 Å². The Morgan fingerprint density at radius 2 is 2.07 bits per heavy atom. The molecule has 3 heteroatoms. The van der Waals surface area contributed by atoms with E-state index < -0.39 is 5.60 Å². The molecule has 2 rings (SSSR count). The van der Waals surface area contributed by atoms with Gasteiger partial charge in [0.05, 0.1) is 18.8 Å². The van der Waals surface area contributed by atoms with Crippen LogP contribution in [0.15, 0.2) is 0 Å². The summed E-state index contributed by atoms with van der Waals surface area (Å²) < 4.78 is 5.41. The molecule has 2 aliphatic rings. The quantitative estimate of drug-likeness (QED) is 0.752. The van der Waals surface area contributed by atoms with Gasteiger partial charge in [0.1, 0.15) is 0 Å². The molecule has 1 saturated carbocycles. The molecule has 1 unspecified atom stereocenters. The van der Waals surface area contributed by atoms with Gasteiger partial charge in [-0.2, -0.15) is 0 Å². The fraction of sp³-hybridized carbons (Fsp3) is 1.00. The third-order valence-corrected chi connectivity index (χ3v) is 3.79. The van der Waals surface area contributed by atoms with E-state index in [9.17, 15) is 5.11 Å². The van der Waals surface area contributed by atoms with Gasteiger partial charge in [0, 0.05) is 19.1 Å². The number of rotatable bonds is 2. The van der Waals surface area contributed by atoms with Crippen molar-refractivity contribution in [3.63, 3.8) is 0 Å². The molecule has 1 aliphatic carbocycles. The summed E-state index contributed by atoms with van der Waals surface area (Å²) in [7, 11) is 0. The Morgan fingerprint density at radius 3 is 2.73 bits per heavy atom. The normalized spacial score (nSPS) is 32.8. The molecule has 1 atom stereocenters. The van der Waals surface area contributed by atoms with E-state index in [2.05, 4.69) is 11.8 Å². The molecule has 0 aromatic heterocycles. The Balaban J connectivity index is 1.88. The number of hydrogen-bond donors (Lipinski definition) is 1. The molecule has 1 saturated heterocycles. The van der Waals surface area contributed by atoms with Crippen molar-refractivity contribution >= 4 is 0 Å². The Kier molecular flexibility index (Phi) is 3.65. The summed E-state index contributed by atoms with van der Waals surface area (Å²) >= 11 is 0. The molecular weight excluding hydrogens is 190 g/mol. The van der Waals surface area contributed by atoms with Gasteiger partial charge < -0.3 is 9.84 Å². The lowest BCUT2D eigenvalue weighted by Gasteiger charge is -2.41. The highest BCUT2D eigenvalue weighted by Gasteiger charge is 2.33. The summed E-state index contributed by atoms with van der Waals surface area (Å²) in [4.78, 5) is 2.38. The van der Waals surface area contributed by atoms with Gasteiger partial charge in [-0.05, 0) is 19.8 Å². The van der Waals surface area contributed by atoms with Crippen LogP contribution in [-0.2, 0) is 4.74 Å². The summed E-state index contributed by atoms with van der Waals surface area (Å²) in [6, 6.07) is 0.463. The second kappa shape index (κ2) is 4.81. The van der Waals surface area contributed by atoms with Crippen LogP contribution in [0.1, 0.15) is 39.0 Å². The van der Waals surface area contributed by atoms with Crippen LogP contribution in [0.5, 0.6) is 0 Å². The number of morpholine rings is 1. The highest BCUT2D eigenvalue weighted by molar-refractivity contribution is 4.87. The monoisotopic (exact) mass is 213 g/mol. The highest BCUT2D eigenvalue weighted by atomic mass is 16.5. The first kappa shape index (κ1) is 11.4. The predicted octanol–water partition coefficient (Wildman–Crippen LogP) is 1.40. The van der Waals surface area contributed by atoms with Crippen LogP contribution in [0.2, 0.25) is 0 Å². The third-order valence-electron chi connectivity index (χ3n) is 3.79. The zero-order valence-electron chi connectivity index (χ0n) is 9.74. The lowest BCUT2D eigenvalue weighted by atomic mass is 9.84. The molecule has 88 valence electrons. The van der Waals surface area contributed by atoms with Gasteiger partial charge in [-0.1, -0.05) is 19.3 Å². The average molecular weight is 213 g/mol. The van der Waals surface area contributed by atoms with Gasteiger partial charge in [-0.3, -0.25) is 4.90 Å². The summed E-state index contributed by atoms with van der Waals surface area (Å²) in [5.41, 5.74) is -0.413. The fourth-order valence-electron chi connectivity index (χ4n) is 2.74. The number of ether oxygens (including phenoxy) is 1. The van der Waals surface area contributed by atoms with Crippen molar-refractivity contribution in [2.45, 2.75) is 50.7 Å².